The number of benzene rings is 1. The molecule has 4 rings (SSSR count). The highest BCUT2D eigenvalue weighted by molar-refractivity contribution is 7.99. The molecule has 0 aliphatic heterocycles. The van der Waals surface area contributed by atoms with Crippen LogP contribution >= 0.6 is 23.4 Å². The molecule has 2 N–H and O–H groups in total. The van der Waals surface area contributed by atoms with Crippen molar-refractivity contribution >= 4 is 46.6 Å². The zero-order valence-corrected chi connectivity index (χ0v) is 17.7. The van der Waals surface area contributed by atoms with E-state index in [1.165, 1.54) is 18.7 Å². The molecule has 0 bridgehead atoms. The van der Waals surface area contributed by atoms with Crippen LogP contribution in [0.1, 0.15) is 31.5 Å². The van der Waals surface area contributed by atoms with Crippen LogP contribution in [0.3, 0.4) is 0 Å². The van der Waals surface area contributed by atoms with Gasteiger partial charge in [0, 0.05) is 24.7 Å². The maximum atomic E-state index is 12.4. The molecule has 2 amide bonds. The molecule has 0 atom stereocenters. The number of amides is 2. The second-order valence-corrected chi connectivity index (χ2v) is 8.16. The molecule has 1 saturated carbocycles. The number of hydrogen-bond acceptors (Lipinski definition) is 6. The third-order valence-electron chi connectivity index (χ3n) is 4.39. The predicted molar refractivity (Wildman–Crippen MR) is 116 cm³/mol. The van der Waals surface area contributed by atoms with Crippen LogP contribution < -0.4 is 10.6 Å². The van der Waals surface area contributed by atoms with E-state index in [0.29, 0.717) is 22.4 Å². The first-order chi connectivity index (χ1) is 14.5. The lowest BCUT2D eigenvalue weighted by atomic mass is 10.2. The largest absolute Gasteiger partial charge is 0.326 e. The molecule has 30 heavy (non-hydrogen) atoms. The maximum absolute atomic E-state index is 12.4. The fourth-order valence-corrected chi connectivity index (χ4v) is 3.87. The lowest BCUT2D eigenvalue weighted by Gasteiger charge is -2.12. The number of halogens is 1. The number of carbonyl (C=O) groups is 2. The Morgan fingerprint density at radius 1 is 1.20 bits per heavy atom. The molecule has 1 aromatic carbocycles. The summed E-state index contributed by atoms with van der Waals surface area (Å²) in [6.45, 7) is 1.47. The highest BCUT2D eigenvalue weighted by Crippen LogP contribution is 2.41. The smallest absolute Gasteiger partial charge is 0.234 e. The van der Waals surface area contributed by atoms with Crippen molar-refractivity contribution in [1.29, 1.82) is 0 Å². The first-order valence-electron chi connectivity index (χ1n) is 9.38. The molecule has 0 spiro atoms. The standard InChI is InChI=1S/C20H19ClN6O2S/c1-12(28)23-14-4-2-5-15(10-14)27-19(13-7-8-13)25-26-20(27)30-11-17(29)24-16-6-3-9-22-18(16)21/h2-6,9-10,13H,7-8,11H2,1H3,(H,23,28)(H,24,29). The van der Waals surface area contributed by atoms with Crippen LogP contribution in [0.4, 0.5) is 11.4 Å². The highest BCUT2D eigenvalue weighted by Gasteiger charge is 2.31. The maximum Gasteiger partial charge on any atom is 0.234 e. The SMILES string of the molecule is CC(=O)Nc1cccc(-n2c(SCC(=O)Nc3cccnc3Cl)nnc2C2CC2)c1. The fraction of sp³-hybridized carbons (Fsp3) is 0.250. The molecule has 10 heteroatoms. The molecule has 0 saturated heterocycles. The molecule has 3 aromatic rings. The minimum atomic E-state index is -0.218. The van der Waals surface area contributed by atoms with E-state index in [4.69, 9.17) is 11.6 Å². The molecule has 2 heterocycles. The van der Waals surface area contributed by atoms with E-state index in [-0.39, 0.29) is 22.7 Å². The quantitative estimate of drug-likeness (QED) is 0.425. The van der Waals surface area contributed by atoms with Crippen LogP contribution in [0, 0.1) is 0 Å². The molecule has 1 aliphatic carbocycles. The van der Waals surface area contributed by atoms with Crippen LogP contribution in [0.5, 0.6) is 0 Å². The second-order valence-electron chi connectivity index (χ2n) is 6.86. The fourth-order valence-electron chi connectivity index (χ4n) is 2.94. The Kier molecular flexibility index (Phi) is 6.01. The first kappa shape index (κ1) is 20.4. The summed E-state index contributed by atoms with van der Waals surface area (Å²) in [5.74, 6) is 1.01. The van der Waals surface area contributed by atoms with Crippen LogP contribution in [-0.2, 0) is 9.59 Å². The molecule has 0 radical (unpaired) electrons. The van der Waals surface area contributed by atoms with Gasteiger partial charge in [0.1, 0.15) is 5.82 Å². The van der Waals surface area contributed by atoms with Crippen molar-refractivity contribution in [1.82, 2.24) is 19.7 Å². The van der Waals surface area contributed by atoms with Gasteiger partial charge in [-0.1, -0.05) is 29.4 Å². The number of anilines is 2. The average molecular weight is 443 g/mol. The minimum Gasteiger partial charge on any atom is -0.326 e. The Morgan fingerprint density at radius 2 is 2.03 bits per heavy atom. The molecular weight excluding hydrogens is 424 g/mol. The Balaban J connectivity index is 1.54. The molecule has 1 fully saturated rings. The van der Waals surface area contributed by atoms with Gasteiger partial charge in [0.15, 0.2) is 10.3 Å². The van der Waals surface area contributed by atoms with E-state index >= 15 is 0 Å². The van der Waals surface area contributed by atoms with E-state index in [1.54, 1.807) is 18.3 Å². The normalized spacial score (nSPS) is 13.1. The number of carbonyl (C=O) groups excluding carboxylic acids is 2. The van der Waals surface area contributed by atoms with Crippen LogP contribution in [0.15, 0.2) is 47.8 Å². The van der Waals surface area contributed by atoms with Crippen LogP contribution in [-0.4, -0.2) is 37.3 Å². The first-order valence-corrected chi connectivity index (χ1v) is 10.7. The summed E-state index contributed by atoms with van der Waals surface area (Å²) in [4.78, 5) is 27.8. The summed E-state index contributed by atoms with van der Waals surface area (Å²) in [7, 11) is 0. The van der Waals surface area contributed by atoms with E-state index < -0.39 is 0 Å². The van der Waals surface area contributed by atoms with Crippen molar-refractivity contribution in [2.45, 2.75) is 30.8 Å². The Labute approximate surface area is 182 Å². The lowest BCUT2D eigenvalue weighted by Crippen LogP contribution is -2.15. The van der Waals surface area contributed by atoms with Gasteiger partial charge < -0.3 is 10.6 Å². The summed E-state index contributed by atoms with van der Waals surface area (Å²) in [6, 6.07) is 10.9. The summed E-state index contributed by atoms with van der Waals surface area (Å²) in [5.41, 5.74) is 2.00. The topological polar surface area (TPSA) is 102 Å². The zero-order chi connectivity index (χ0) is 21.1. The van der Waals surface area contributed by atoms with Gasteiger partial charge in [0.2, 0.25) is 11.8 Å². The zero-order valence-electron chi connectivity index (χ0n) is 16.1. The molecular formula is C20H19ClN6O2S. The number of nitrogens with one attached hydrogen (secondary N) is 2. The molecule has 8 nitrogen and oxygen atoms in total. The van der Waals surface area contributed by atoms with E-state index in [9.17, 15) is 9.59 Å². The number of pyridine rings is 1. The molecule has 0 unspecified atom stereocenters. The van der Waals surface area contributed by atoms with Crippen molar-refractivity contribution in [2.24, 2.45) is 0 Å². The molecule has 1 aliphatic rings. The average Bonchev–Trinajstić information content (AvgIpc) is 3.47. The Morgan fingerprint density at radius 3 is 2.77 bits per heavy atom. The third kappa shape index (κ3) is 4.80. The second kappa shape index (κ2) is 8.85. The Bertz CT molecular complexity index is 1100. The highest BCUT2D eigenvalue weighted by atomic mass is 35.5. The number of thioether (sulfide) groups is 1. The van der Waals surface area contributed by atoms with Gasteiger partial charge in [-0.05, 0) is 43.2 Å². The van der Waals surface area contributed by atoms with Crippen molar-refractivity contribution in [3.8, 4) is 5.69 Å². The van der Waals surface area contributed by atoms with Crippen molar-refractivity contribution in [2.75, 3.05) is 16.4 Å². The van der Waals surface area contributed by atoms with Crippen LogP contribution in [0.2, 0.25) is 5.15 Å². The molecule has 2 aromatic heterocycles. The van der Waals surface area contributed by atoms with Gasteiger partial charge in [0.25, 0.3) is 0 Å². The summed E-state index contributed by atoms with van der Waals surface area (Å²) < 4.78 is 1.96. The van der Waals surface area contributed by atoms with Crippen molar-refractivity contribution < 1.29 is 9.59 Å². The number of rotatable bonds is 7. The third-order valence-corrected chi connectivity index (χ3v) is 5.62. The minimum absolute atomic E-state index is 0.138. The number of aromatic nitrogens is 4. The molecule has 154 valence electrons. The van der Waals surface area contributed by atoms with Gasteiger partial charge in [-0.2, -0.15) is 0 Å². The van der Waals surface area contributed by atoms with Gasteiger partial charge in [-0.15, -0.1) is 10.2 Å². The monoisotopic (exact) mass is 442 g/mol. The van der Waals surface area contributed by atoms with Crippen LogP contribution in [0.25, 0.3) is 5.69 Å². The number of nitrogens with zero attached hydrogens (tertiary/aromatic N) is 4. The van der Waals surface area contributed by atoms with Gasteiger partial charge in [0.05, 0.1) is 17.1 Å². The summed E-state index contributed by atoms with van der Waals surface area (Å²) >= 11 is 7.28. The predicted octanol–water partition coefficient (Wildman–Crippen LogP) is 3.88. The van der Waals surface area contributed by atoms with E-state index in [1.807, 2.05) is 28.8 Å². The van der Waals surface area contributed by atoms with Gasteiger partial charge >= 0.3 is 0 Å². The summed E-state index contributed by atoms with van der Waals surface area (Å²) in [5, 5.41) is 15.1. The Hall–Kier alpha value is -2.91. The van der Waals surface area contributed by atoms with Gasteiger partial charge in [-0.25, -0.2) is 4.98 Å². The van der Waals surface area contributed by atoms with Gasteiger partial charge in [-0.3, -0.25) is 14.2 Å². The summed E-state index contributed by atoms with van der Waals surface area (Å²) in [6.07, 6.45) is 3.69. The lowest BCUT2D eigenvalue weighted by molar-refractivity contribution is -0.114. The van der Waals surface area contributed by atoms with E-state index in [2.05, 4.69) is 25.8 Å². The van der Waals surface area contributed by atoms with Crippen molar-refractivity contribution in [3.63, 3.8) is 0 Å². The number of hydrogen-bond donors (Lipinski definition) is 2. The van der Waals surface area contributed by atoms with E-state index in [0.717, 1.165) is 24.4 Å². The van der Waals surface area contributed by atoms with Crippen molar-refractivity contribution in [3.05, 3.63) is 53.6 Å².